The largest absolute Gasteiger partial charge is 0.207 e. The fourth-order valence-electron chi connectivity index (χ4n) is 1.55. The van der Waals surface area contributed by atoms with Crippen LogP contribution in [0.25, 0.3) is 0 Å². The summed E-state index contributed by atoms with van der Waals surface area (Å²) in [6.07, 6.45) is 0. The Bertz CT molecular complexity index is 503. The van der Waals surface area contributed by atoms with Gasteiger partial charge in [-0.25, -0.2) is 8.78 Å². The first-order valence-corrected chi connectivity index (χ1v) is 6.64. The Balaban J connectivity index is 2.43. The second-order valence-electron chi connectivity index (χ2n) is 3.55. The van der Waals surface area contributed by atoms with Crippen molar-refractivity contribution in [3.8, 4) is 0 Å². The topological polar surface area (TPSA) is 0 Å². The van der Waals surface area contributed by atoms with Crippen molar-refractivity contribution in [3.05, 3.63) is 69.7 Å². The number of hydrogen-bond acceptors (Lipinski definition) is 0. The molecule has 0 heterocycles. The minimum atomic E-state index is -0.546. The molecule has 0 saturated carbocycles. The maximum atomic E-state index is 13.6. The lowest BCUT2D eigenvalue weighted by atomic mass is 10.0. The SMILES string of the molecule is Fc1cccc(F)c1C(Br)c1ccc(Br)cc1. The molecule has 0 aromatic heterocycles. The van der Waals surface area contributed by atoms with Gasteiger partial charge in [-0.2, -0.15) is 0 Å². The average Bonchev–Trinajstić information content (AvgIpc) is 2.29. The minimum absolute atomic E-state index is 0.0369. The molecule has 0 aliphatic heterocycles. The van der Waals surface area contributed by atoms with Crippen molar-refractivity contribution in [1.29, 1.82) is 0 Å². The molecule has 2 aromatic carbocycles. The molecule has 0 N–H and O–H groups in total. The molecule has 0 bridgehead atoms. The number of halogens is 4. The van der Waals surface area contributed by atoms with Gasteiger partial charge in [-0.05, 0) is 29.8 Å². The first-order chi connectivity index (χ1) is 8.09. The molecule has 1 atom stereocenters. The first-order valence-electron chi connectivity index (χ1n) is 4.93. The van der Waals surface area contributed by atoms with Crippen molar-refractivity contribution >= 4 is 31.9 Å². The van der Waals surface area contributed by atoms with Gasteiger partial charge in [0, 0.05) is 10.0 Å². The number of rotatable bonds is 2. The van der Waals surface area contributed by atoms with E-state index in [9.17, 15) is 8.78 Å². The molecular weight excluding hydrogens is 354 g/mol. The van der Waals surface area contributed by atoms with Crippen LogP contribution in [0, 0.1) is 11.6 Å². The van der Waals surface area contributed by atoms with E-state index in [2.05, 4.69) is 31.9 Å². The molecule has 0 aliphatic rings. The van der Waals surface area contributed by atoms with E-state index in [1.54, 1.807) is 0 Å². The van der Waals surface area contributed by atoms with Gasteiger partial charge >= 0.3 is 0 Å². The Morgan fingerprint density at radius 1 is 0.882 bits per heavy atom. The van der Waals surface area contributed by atoms with Crippen molar-refractivity contribution < 1.29 is 8.78 Å². The molecule has 17 heavy (non-hydrogen) atoms. The van der Waals surface area contributed by atoms with Gasteiger partial charge in [0.15, 0.2) is 0 Å². The van der Waals surface area contributed by atoms with Gasteiger partial charge in [-0.1, -0.05) is 50.1 Å². The molecule has 0 spiro atoms. The van der Waals surface area contributed by atoms with Crippen LogP contribution in [0.1, 0.15) is 16.0 Å². The fraction of sp³-hybridized carbons (Fsp3) is 0.0769. The Kier molecular flexibility index (Phi) is 3.94. The number of benzene rings is 2. The van der Waals surface area contributed by atoms with Crippen LogP contribution in [0.5, 0.6) is 0 Å². The molecule has 0 aliphatic carbocycles. The molecule has 0 amide bonds. The third kappa shape index (κ3) is 2.75. The van der Waals surface area contributed by atoms with Crippen LogP contribution in [0.2, 0.25) is 0 Å². The predicted octanol–water partition coefficient (Wildman–Crippen LogP) is 5.21. The van der Waals surface area contributed by atoms with Crippen molar-refractivity contribution in [3.63, 3.8) is 0 Å². The lowest BCUT2D eigenvalue weighted by Gasteiger charge is -2.12. The van der Waals surface area contributed by atoms with E-state index in [1.165, 1.54) is 18.2 Å². The van der Waals surface area contributed by atoms with Crippen LogP contribution in [-0.2, 0) is 0 Å². The van der Waals surface area contributed by atoms with Gasteiger partial charge in [-0.3, -0.25) is 0 Å². The van der Waals surface area contributed by atoms with Gasteiger partial charge in [0.05, 0.1) is 4.83 Å². The van der Waals surface area contributed by atoms with Crippen LogP contribution in [0.15, 0.2) is 46.9 Å². The van der Waals surface area contributed by atoms with Crippen molar-refractivity contribution in [2.45, 2.75) is 4.83 Å². The minimum Gasteiger partial charge on any atom is -0.207 e. The standard InChI is InChI=1S/C13H8Br2F2/c14-9-6-4-8(5-7-9)13(15)12-10(16)2-1-3-11(12)17/h1-7,13H. The summed E-state index contributed by atoms with van der Waals surface area (Å²) in [5.74, 6) is -1.09. The summed E-state index contributed by atoms with van der Waals surface area (Å²) in [6.45, 7) is 0. The Hall–Kier alpha value is -0.740. The van der Waals surface area contributed by atoms with Crippen molar-refractivity contribution in [1.82, 2.24) is 0 Å². The molecule has 0 nitrogen and oxygen atoms in total. The van der Waals surface area contributed by atoms with Crippen LogP contribution >= 0.6 is 31.9 Å². The number of alkyl halides is 1. The summed E-state index contributed by atoms with van der Waals surface area (Å²) in [5.41, 5.74) is 0.840. The third-order valence-electron chi connectivity index (χ3n) is 2.42. The quantitative estimate of drug-likeness (QED) is 0.644. The summed E-state index contributed by atoms with van der Waals surface area (Å²) in [6, 6.07) is 11.2. The first kappa shape index (κ1) is 12.7. The average molecular weight is 362 g/mol. The van der Waals surface area contributed by atoms with Crippen LogP contribution in [0.3, 0.4) is 0 Å². The second-order valence-corrected chi connectivity index (χ2v) is 5.38. The summed E-state index contributed by atoms with van der Waals surface area (Å²) in [5, 5.41) is 0. The van der Waals surface area contributed by atoms with Gasteiger partial charge in [0.25, 0.3) is 0 Å². The lowest BCUT2D eigenvalue weighted by Crippen LogP contribution is -2.00. The van der Waals surface area contributed by atoms with E-state index in [4.69, 9.17) is 0 Å². The number of hydrogen-bond donors (Lipinski definition) is 0. The van der Waals surface area contributed by atoms with E-state index < -0.39 is 16.5 Å². The van der Waals surface area contributed by atoms with E-state index in [1.807, 2.05) is 24.3 Å². The maximum absolute atomic E-state index is 13.6. The predicted molar refractivity (Wildman–Crippen MR) is 71.3 cm³/mol. The highest BCUT2D eigenvalue weighted by molar-refractivity contribution is 9.10. The molecule has 1 unspecified atom stereocenters. The summed E-state index contributed by atoms with van der Waals surface area (Å²) < 4.78 is 28.1. The summed E-state index contributed by atoms with van der Waals surface area (Å²) in [7, 11) is 0. The van der Waals surface area contributed by atoms with Crippen molar-refractivity contribution in [2.75, 3.05) is 0 Å². The van der Waals surface area contributed by atoms with E-state index >= 15 is 0 Å². The van der Waals surface area contributed by atoms with Crippen molar-refractivity contribution in [2.24, 2.45) is 0 Å². The molecular formula is C13H8Br2F2. The molecule has 0 saturated heterocycles. The van der Waals surface area contributed by atoms with Gasteiger partial charge in [0.2, 0.25) is 0 Å². The lowest BCUT2D eigenvalue weighted by molar-refractivity contribution is 0.561. The maximum Gasteiger partial charge on any atom is 0.130 e. The summed E-state index contributed by atoms with van der Waals surface area (Å²) >= 11 is 6.64. The molecule has 88 valence electrons. The van der Waals surface area contributed by atoms with E-state index in [0.29, 0.717) is 0 Å². The highest BCUT2D eigenvalue weighted by Crippen LogP contribution is 2.34. The highest BCUT2D eigenvalue weighted by Gasteiger charge is 2.18. The van der Waals surface area contributed by atoms with Crippen LogP contribution in [-0.4, -0.2) is 0 Å². The second kappa shape index (κ2) is 5.27. The molecule has 0 fully saturated rings. The normalized spacial score (nSPS) is 12.5. The van der Waals surface area contributed by atoms with E-state index in [0.717, 1.165) is 10.0 Å². The zero-order chi connectivity index (χ0) is 12.4. The monoisotopic (exact) mass is 360 g/mol. The third-order valence-corrected chi connectivity index (χ3v) is 3.93. The zero-order valence-electron chi connectivity index (χ0n) is 8.63. The van der Waals surface area contributed by atoms with Gasteiger partial charge < -0.3 is 0 Å². The Morgan fingerprint density at radius 3 is 1.94 bits per heavy atom. The molecule has 0 radical (unpaired) electrons. The Morgan fingerprint density at radius 2 is 1.41 bits per heavy atom. The van der Waals surface area contributed by atoms with Gasteiger partial charge in [-0.15, -0.1) is 0 Å². The molecule has 4 heteroatoms. The fourth-order valence-corrected chi connectivity index (χ4v) is 2.56. The molecule has 2 aromatic rings. The Labute approximate surface area is 115 Å². The smallest absolute Gasteiger partial charge is 0.130 e. The van der Waals surface area contributed by atoms with Crippen LogP contribution < -0.4 is 0 Å². The van der Waals surface area contributed by atoms with Gasteiger partial charge in [0.1, 0.15) is 11.6 Å². The molecule has 2 rings (SSSR count). The summed E-state index contributed by atoms with van der Waals surface area (Å²) in [4.78, 5) is -0.489. The van der Waals surface area contributed by atoms with E-state index in [-0.39, 0.29) is 5.56 Å². The van der Waals surface area contributed by atoms with Crippen LogP contribution in [0.4, 0.5) is 8.78 Å². The zero-order valence-corrected chi connectivity index (χ0v) is 11.8. The highest BCUT2D eigenvalue weighted by atomic mass is 79.9.